The summed E-state index contributed by atoms with van der Waals surface area (Å²) in [5, 5.41) is 4.56. The Labute approximate surface area is 202 Å². The van der Waals surface area contributed by atoms with Crippen molar-refractivity contribution in [2.45, 2.75) is 0 Å². The van der Waals surface area contributed by atoms with Crippen LogP contribution >= 0.6 is 7.37 Å². The zero-order valence-corrected chi connectivity index (χ0v) is 20.6. The van der Waals surface area contributed by atoms with Crippen LogP contribution in [0.15, 0.2) is 152 Å². The highest BCUT2D eigenvalue weighted by molar-refractivity contribution is 7.76. The normalized spacial score (nSPS) is 11.8. The van der Waals surface area contributed by atoms with Gasteiger partial charge in [0.1, 0.15) is 0 Å². The summed E-state index contributed by atoms with van der Waals surface area (Å²) in [5.41, 5.74) is 0. The summed E-state index contributed by atoms with van der Waals surface area (Å²) in [7, 11) is -6.67. The summed E-state index contributed by atoms with van der Waals surface area (Å²) in [6, 6.07) is 50.0. The van der Waals surface area contributed by atoms with Gasteiger partial charge in [-0.25, -0.2) is 0 Å². The van der Waals surface area contributed by atoms with Crippen LogP contribution < -0.4 is 26.2 Å². The van der Waals surface area contributed by atoms with Gasteiger partial charge in [-0.3, -0.25) is 4.57 Å². The molecular weight excluding hydrogens is 451 g/mol. The Balaban J connectivity index is 1.84. The molecule has 0 unspecified atom stereocenters. The minimum atomic E-state index is -3.48. The zero-order valence-electron chi connectivity index (χ0n) is 18.7. The van der Waals surface area contributed by atoms with E-state index in [4.69, 9.17) is 4.21 Å². The largest absolute Gasteiger partial charge is 0.349 e. The van der Waals surface area contributed by atoms with Crippen LogP contribution in [0.25, 0.3) is 0 Å². The Morgan fingerprint density at radius 2 is 0.676 bits per heavy atom. The third kappa shape index (κ3) is 4.10. The Hall–Kier alpha value is -3.49. The fraction of sp³-hybridized carbons (Fsp3) is 0. The number of hydrogen-bond donors (Lipinski definition) is 0. The zero-order chi connectivity index (χ0) is 23.3. The topological polar surface area (TPSA) is 26.3 Å². The van der Waals surface area contributed by atoms with Crippen molar-refractivity contribution in [2.75, 3.05) is 0 Å². The molecular formula is C30H25O2PSi. The van der Waals surface area contributed by atoms with Crippen LogP contribution in [0.5, 0.6) is 0 Å². The quantitative estimate of drug-likeness (QED) is 0.195. The number of rotatable bonds is 7. The van der Waals surface area contributed by atoms with Gasteiger partial charge in [0.25, 0.3) is 15.7 Å². The molecule has 0 aliphatic heterocycles. The molecule has 0 atom stereocenters. The summed E-state index contributed by atoms with van der Waals surface area (Å²) in [4.78, 5) is 0. The van der Waals surface area contributed by atoms with Crippen molar-refractivity contribution in [3.05, 3.63) is 152 Å². The summed E-state index contributed by atoms with van der Waals surface area (Å²) in [5.74, 6) is 0. The molecule has 0 aliphatic carbocycles. The van der Waals surface area contributed by atoms with E-state index in [9.17, 15) is 0 Å². The minimum Gasteiger partial charge on any atom is -0.349 e. The van der Waals surface area contributed by atoms with E-state index in [0.717, 1.165) is 15.6 Å². The first-order valence-corrected chi connectivity index (χ1v) is 14.9. The lowest BCUT2D eigenvalue weighted by atomic mass is 10.3. The molecule has 5 rings (SSSR count). The highest BCUT2D eigenvalue weighted by Gasteiger charge is 2.48. The fourth-order valence-corrected chi connectivity index (χ4v) is 12.4. The van der Waals surface area contributed by atoms with Crippen LogP contribution in [0.1, 0.15) is 0 Å². The van der Waals surface area contributed by atoms with Crippen molar-refractivity contribution in [3.63, 3.8) is 0 Å². The number of benzene rings is 5. The second kappa shape index (κ2) is 9.78. The van der Waals surface area contributed by atoms with E-state index in [2.05, 4.69) is 36.4 Å². The Bertz CT molecular complexity index is 1240. The summed E-state index contributed by atoms with van der Waals surface area (Å²) >= 11 is 0. The highest BCUT2D eigenvalue weighted by Crippen LogP contribution is 2.47. The highest BCUT2D eigenvalue weighted by atomic mass is 31.2. The first-order valence-electron chi connectivity index (χ1n) is 11.3. The van der Waals surface area contributed by atoms with Crippen LogP contribution in [0, 0.1) is 0 Å². The molecule has 0 radical (unpaired) electrons. The van der Waals surface area contributed by atoms with E-state index < -0.39 is 15.7 Å². The lowest BCUT2D eigenvalue weighted by molar-refractivity contribution is 0.510. The second-order valence-corrected chi connectivity index (χ2v) is 14.1. The lowest BCUT2D eigenvalue weighted by Crippen LogP contribution is -2.69. The molecule has 0 saturated carbocycles. The molecule has 0 saturated heterocycles. The van der Waals surface area contributed by atoms with E-state index in [1.54, 1.807) is 0 Å². The number of hydrogen-bond acceptors (Lipinski definition) is 2. The predicted molar refractivity (Wildman–Crippen MR) is 145 cm³/mol. The van der Waals surface area contributed by atoms with Crippen molar-refractivity contribution in [1.29, 1.82) is 0 Å². The third-order valence-corrected chi connectivity index (χ3v) is 13.5. The van der Waals surface area contributed by atoms with Gasteiger partial charge in [0.15, 0.2) is 0 Å². The van der Waals surface area contributed by atoms with Crippen LogP contribution in [0.3, 0.4) is 0 Å². The maximum absolute atomic E-state index is 15.2. The molecule has 5 aromatic carbocycles. The van der Waals surface area contributed by atoms with Gasteiger partial charge in [0.05, 0.1) is 0 Å². The van der Waals surface area contributed by atoms with E-state index in [0.29, 0.717) is 10.6 Å². The molecule has 0 amide bonds. The van der Waals surface area contributed by atoms with Crippen molar-refractivity contribution in [3.8, 4) is 0 Å². The molecule has 0 aliphatic rings. The van der Waals surface area contributed by atoms with Gasteiger partial charge in [-0.05, 0) is 39.8 Å². The molecule has 34 heavy (non-hydrogen) atoms. The molecule has 166 valence electrons. The van der Waals surface area contributed by atoms with Crippen LogP contribution in [-0.2, 0) is 8.78 Å². The average Bonchev–Trinajstić information content (AvgIpc) is 2.94. The van der Waals surface area contributed by atoms with Crippen molar-refractivity contribution < 1.29 is 8.78 Å². The van der Waals surface area contributed by atoms with Gasteiger partial charge in [0.2, 0.25) is 0 Å². The SMILES string of the molecule is O=P(O[Si](c1ccccc1)(c1ccccc1)c1ccccc1)(c1ccccc1)c1ccccc1. The Morgan fingerprint density at radius 1 is 0.412 bits per heavy atom. The van der Waals surface area contributed by atoms with E-state index in [1.807, 2.05) is 115 Å². The van der Waals surface area contributed by atoms with Gasteiger partial charge < -0.3 is 4.21 Å². The molecule has 0 heterocycles. The first kappa shape index (κ1) is 22.3. The standard InChI is InChI=1S/C30H25O2PSi/c31-33(26-16-6-1-7-17-26,27-18-8-2-9-19-27)32-34(28-20-10-3-11-21-28,29-22-12-4-13-23-29)30-24-14-5-15-25-30/h1-25H. The van der Waals surface area contributed by atoms with Gasteiger partial charge in [-0.1, -0.05) is 127 Å². The second-order valence-electron chi connectivity index (χ2n) is 8.09. The van der Waals surface area contributed by atoms with E-state index in [-0.39, 0.29) is 0 Å². The maximum Gasteiger partial charge on any atom is 0.296 e. The molecule has 2 nitrogen and oxygen atoms in total. The van der Waals surface area contributed by atoms with Crippen molar-refractivity contribution in [1.82, 2.24) is 0 Å². The molecule has 0 bridgehead atoms. The molecule has 4 heteroatoms. The summed E-state index contributed by atoms with van der Waals surface area (Å²) < 4.78 is 22.4. The van der Waals surface area contributed by atoms with Crippen LogP contribution in [0.4, 0.5) is 0 Å². The summed E-state index contributed by atoms with van der Waals surface area (Å²) in [6.45, 7) is 0. The Kier molecular flexibility index (Phi) is 6.42. The van der Waals surface area contributed by atoms with E-state index in [1.165, 1.54) is 0 Å². The fourth-order valence-electron chi connectivity index (χ4n) is 4.37. The monoisotopic (exact) mass is 476 g/mol. The van der Waals surface area contributed by atoms with Gasteiger partial charge in [0, 0.05) is 10.6 Å². The van der Waals surface area contributed by atoms with E-state index >= 15 is 4.57 Å². The molecule has 0 N–H and O–H groups in total. The molecule has 0 fully saturated rings. The Morgan fingerprint density at radius 3 is 0.971 bits per heavy atom. The molecule has 0 spiro atoms. The van der Waals surface area contributed by atoms with Crippen molar-refractivity contribution in [2.24, 2.45) is 0 Å². The van der Waals surface area contributed by atoms with Crippen molar-refractivity contribution >= 4 is 41.9 Å². The minimum absolute atomic E-state index is 0.695. The smallest absolute Gasteiger partial charge is 0.296 e. The molecule has 5 aromatic rings. The van der Waals surface area contributed by atoms with Crippen LogP contribution in [-0.4, -0.2) is 8.32 Å². The summed E-state index contributed by atoms with van der Waals surface area (Å²) in [6.07, 6.45) is 0. The third-order valence-electron chi connectivity index (χ3n) is 6.00. The average molecular weight is 477 g/mol. The predicted octanol–water partition coefficient (Wildman–Crippen LogP) is 4.60. The maximum atomic E-state index is 15.2. The lowest BCUT2D eigenvalue weighted by Gasteiger charge is -2.36. The molecule has 0 aromatic heterocycles. The first-order chi connectivity index (χ1) is 16.7. The van der Waals surface area contributed by atoms with Crippen LogP contribution in [0.2, 0.25) is 0 Å². The van der Waals surface area contributed by atoms with Gasteiger partial charge in [-0.15, -0.1) is 0 Å². The van der Waals surface area contributed by atoms with Gasteiger partial charge in [-0.2, -0.15) is 0 Å². The van der Waals surface area contributed by atoms with Gasteiger partial charge >= 0.3 is 0 Å².